The van der Waals surface area contributed by atoms with Crippen LogP contribution in [-0.2, 0) is 15.9 Å². The predicted molar refractivity (Wildman–Crippen MR) is 52.8 cm³/mol. The van der Waals surface area contributed by atoms with Crippen LogP contribution in [0.15, 0.2) is 12.3 Å². The lowest BCUT2D eigenvalue weighted by Crippen LogP contribution is -2.08. The van der Waals surface area contributed by atoms with Crippen LogP contribution in [0.5, 0.6) is 0 Å². The van der Waals surface area contributed by atoms with Crippen molar-refractivity contribution in [2.75, 3.05) is 14.2 Å². The Hall–Kier alpha value is -1.00. The Bertz CT molecular complexity index is 275. The first kappa shape index (κ1) is 11.1. The highest BCUT2D eigenvalue weighted by Crippen LogP contribution is 2.14. The second-order valence-corrected chi connectivity index (χ2v) is 2.95. The molecule has 4 nitrogen and oxygen atoms in total. The second-order valence-electron chi connectivity index (χ2n) is 2.95. The molecule has 1 rings (SSSR count). The summed E-state index contributed by atoms with van der Waals surface area (Å²) in [6.07, 6.45) is 3.26. The maximum absolute atomic E-state index is 5.11. The molecule has 78 valence electrons. The third kappa shape index (κ3) is 2.75. The van der Waals surface area contributed by atoms with Gasteiger partial charge in [-0.25, -0.2) is 9.97 Å². The molecule has 0 saturated heterocycles. The van der Waals surface area contributed by atoms with Crippen LogP contribution >= 0.6 is 0 Å². The molecule has 0 amide bonds. The molecule has 14 heavy (non-hydrogen) atoms. The summed E-state index contributed by atoms with van der Waals surface area (Å²) >= 11 is 0. The molecule has 0 bridgehead atoms. The fourth-order valence-corrected chi connectivity index (χ4v) is 1.23. The molecule has 0 N–H and O–H groups in total. The molecule has 1 aromatic heterocycles. The van der Waals surface area contributed by atoms with E-state index in [2.05, 4.69) is 16.9 Å². The first-order valence-electron chi connectivity index (χ1n) is 4.69. The molecule has 1 heterocycles. The maximum atomic E-state index is 5.11. The van der Waals surface area contributed by atoms with Crippen LogP contribution in [0.2, 0.25) is 0 Å². The standard InChI is InChI=1S/C10H16N2O2/c1-4-5-9-11-7-6-8(12-9)10(13-2)14-3/h6-7,10H,4-5H2,1-3H3. The Balaban J connectivity index is 2.81. The molecule has 0 atom stereocenters. The Labute approximate surface area is 84.3 Å². The highest BCUT2D eigenvalue weighted by Gasteiger charge is 2.10. The van der Waals surface area contributed by atoms with Crippen LogP contribution in [0.4, 0.5) is 0 Å². The Morgan fingerprint density at radius 3 is 2.64 bits per heavy atom. The van der Waals surface area contributed by atoms with Crippen molar-refractivity contribution in [1.29, 1.82) is 0 Å². The van der Waals surface area contributed by atoms with Crippen LogP contribution in [0.3, 0.4) is 0 Å². The largest absolute Gasteiger partial charge is 0.350 e. The van der Waals surface area contributed by atoms with E-state index >= 15 is 0 Å². The topological polar surface area (TPSA) is 44.2 Å². The molecule has 0 saturated carbocycles. The van der Waals surface area contributed by atoms with E-state index in [0.717, 1.165) is 24.4 Å². The number of hydrogen-bond acceptors (Lipinski definition) is 4. The van der Waals surface area contributed by atoms with E-state index in [4.69, 9.17) is 9.47 Å². The van der Waals surface area contributed by atoms with Crippen molar-refractivity contribution in [1.82, 2.24) is 9.97 Å². The minimum atomic E-state index is -0.395. The lowest BCUT2D eigenvalue weighted by molar-refractivity contribution is -0.108. The number of hydrogen-bond donors (Lipinski definition) is 0. The molecule has 1 aromatic rings. The Kier molecular flexibility index (Phi) is 4.49. The van der Waals surface area contributed by atoms with Crippen molar-refractivity contribution in [3.8, 4) is 0 Å². The summed E-state index contributed by atoms with van der Waals surface area (Å²) in [5.74, 6) is 0.837. The average Bonchev–Trinajstić information content (AvgIpc) is 2.21. The van der Waals surface area contributed by atoms with Gasteiger partial charge in [0.05, 0.1) is 5.69 Å². The van der Waals surface area contributed by atoms with Gasteiger partial charge in [0.2, 0.25) is 6.29 Å². The molecule has 0 radical (unpaired) electrons. The van der Waals surface area contributed by atoms with E-state index in [0.29, 0.717) is 0 Å². The van der Waals surface area contributed by atoms with Gasteiger partial charge in [-0.3, -0.25) is 0 Å². The number of methoxy groups -OCH3 is 2. The van der Waals surface area contributed by atoms with E-state index in [9.17, 15) is 0 Å². The van der Waals surface area contributed by atoms with Crippen LogP contribution < -0.4 is 0 Å². The highest BCUT2D eigenvalue weighted by molar-refractivity contribution is 5.04. The zero-order chi connectivity index (χ0) is 10.4. The van der Waals surface area contributed by atoms with Crippen LogP contribution in [0.25, 0.3) is 0 Å². The second kappa shape index (κ2) is 5.67. The quantitative estimate of drug-likeness (QED) is 0.672. The van der Waals surface area contributed by atoms with Gasteiger partial charge in [-0.05, 0) is 12.5 Å². The minimum Gasteiger partial charge on any atom is -0.350 e. The number of aromatic nitrogens is 2. The van der Waals surface area contributed by atoms with Crippen molar-refractivity contribution in [2.45, 2.75) is 26.1 Å². The SMILES string of the molecule is CCCc1nccc(C(OC)OC)n1. The van der Waals surface area contributed by atoms with Gasteiger partial charge in [0, 0.05) is 26.8 Å². The summed E-state index contributed by atoms with van der Waals surface area (Å²) in [6.45, 7) is 2.10. The van der Waals surface area contributed by atoms with Gasteiger partial charge in [-0.15, -0.1) is 0 Å². The van der Waals surface area contributed by atoms with Crippen molar-refractivity contribution in [3.05, 3.63) is 23.8 Å². The first-order valence-corrected chi connectivity index (χ1v) is 4.69. The van der Waals surface area contributed by atoms with Gasteiger partial charge in [0.1, 0.15) is 5.82 Å². The van der Waals surface area contributed by atoms with E-state index in [-0.39, 0.29) is 0 Å². The Morgan fingerprint density at radius 1 is 1.36 bits per heavy atom. The highest BCUT2D eigenvalue weighted by atomic mass is 16.7. The summed E-state index contributed by atoms with van der Waals surface area (Å²) in [4.78, 5) is 8.50. The normalized spacial score (nSPS) is 10.9. The van der Waals surface area contributed by atoms with E-state index < -0.39 is 6.29 Å². The molecule has 0 fully saturated rings. The predicted octanol–water partition coefficient (Wildman–Crippen LogP) is 1.72. The minimum absolute atomic E-state index is 0.395. The van der Waals surface area contributed by atoms with Crippen LogP contribution in [-0.4, -0.2) is 24.2 Å². The fraction of sp³-hybridized carbons (Fsp3) is 0.600. The molecular weight excluding hydrogens is 180 g/mol. The summed E-state index contributed by atoms with van der Waals surface area (Å²) in [5, 5.41) is 0. The van der Waals surface area contributed by atoms with Crippen LogP contribution in [0, 0.1) is 0 Å². The maximum Gasteiger partial charge on any atom is 0.200 e. The van der Waals surface area contributed by atoms with Gasteiger partial charge >= 0.3 is 0 Å². The molecular formula is C10H16N2O2. The third-order valence-electron chi connectivity index (χ3n) is 1.87. The zero-order valence-electron chi connectivity index (χ0n) is 8.86. The van der Waals surface area contributed by atoms with Gasteiger partial charge in [-0.2, -0.15) is 0 Å². The zero-order valence-corrected chi connectivity index (χ0v) is 8.86. The number of rotatable bonds is 5. The summed E-state index contributed by atoms with van der Waals surface area (Å²) < 4.78 is 10.2. The molecule has 0 aromatic carbocycles. The summed E-state index contributed by atoms with van der Waals surface area (Å²) in [6, 6.07) is 1.80. The number of nitrogens with zero attached hydrogens (tertiary/aromatic N) is 2. The van der Waals surface area contributed by atoms with Crippen molar-refractivity contribution in [3.63, 3.8) is 0 Å². The third-order valence-corrected chi connectivity index (χ3v) is 1.87. The van der Waals surface area contributed by atoms with Crippen LogP contribution in [0.1, 0.15) is 31.2 Å². The first-order chi connectivity index (χ1) is 6.81. The molecule has 0 aliphatic rings. The van der Waals surface area contributed by atoms with Gasteiger partial charge in [0.25, 0.3) is 0 Å². The Morgan fingerprint density at radius 2 is 2.07 bits per heavy atom. The molecule has 4 heteroatoms. The fourth-order valence-electron chi connectivity index (χ4n) is 1.23. The molecule has 0 unspecified atom stereocenters. The number of ether oxygens (including phenoxy) is 2. The van der Waals surface area contributed by atoms with E-state index in [1.165, 1.54) is 0 Å². The van der Waals surface area contributed by atoms with Crippen molar-refractivity contribution in [2.24, 2.45) is 0 Å². The number of aryl methyl sites for hydroxylation is 1. The van der Waals surface area contributed by atoms with Crippen molar-refractivity contribution < 1.29 is 9.47 Å². The smallest absolute Gasteiger partial charge is 0.200 e. The van der Waals surface area contributed by atoms with Gasteiger partial charge < -0.3 is 9.47 Å². The molecule has 0 aliphatic carbocycles. The van der Waals surface area contributed by atoms with Crippen molar-refractivity contribution >= 4 is 0 Å². The van der Waals surface area contributed by atoms with E-state index in [1.807, 2.05) is 0 Å². The van der Waals surface area contributed by atoms with Gasteiger partial charge in [-0.1, -0.05) is 6.92 Å². The van der Waals surface area contributed by atoms with E-state index in [1.54, 1.807) is 26.5 Å². The monoisotopic (exact) mass is 196 g/mol. The molecule has 0 spiro atoms. The summed E-state index contributed by atoms with van der Waals surface area (Å²) in [5.41, 5.74) is 0.772. The lowest BCUT2D eigenvalue weighted by atomic mass is 10.3. The van der Waals surface area contributed by atoms with Gasteiger partial charge in [0.15, 0.2) is 0 Å². The lowest BCUT2D eigenvalue weighted by Gasteiger charge is -2.12. The average molecular weight is 196 g/mol. The summed E-state index contributed by atoms with van der Waals surface area (Å²) in [7, 11) is 3.19. The molecule has 0 aliphatic heterocycles.